The van der Waals surface area contributed by atoms with Crippen LogP contribution in [0.15, 0.2) is 30.3 Å². The van der Waals surface area contributed by atoms with Gasteiger partial charge in [0.15, 0.2) is 18.7 Å². The van der Waals surface area contributed by atoms with Gasteiger partial charge in [0.2, 0.25) is 5.91 Å². The second-order valence-corrected chi connectivity index (χ2v) is 9.27. The Morgan fingerprint density at radius 2 is 1.89 bits per heavy atom. The Bertz CT molecular complexity index is 967. The highest BCUT2D eigenvalue weighted by molar-refractivity contribution is 5.76. The molecule has 0 spiro atoms. The first kappa shape index (κ1) is 29.5. The van der Waals surface area contributed by atoms with Crippen LogP contribution in [0.25, 0.3) is 0 Å². The minimum atomic E-state index is -1.09. The Hall–Kier alpha value is -3.04. The molecule has 0 bridgehead atoms. The van der Waals surface area contributed by atoms with E-state index in [-0.39, 0.29) is 32.0 Å². The Kier molecular flexibility index (Phi) is 11.5. The van der Waals surface area contributed by atoms with Crippen LogP contribution in [0.4, 0.5) is 0 Å². The normalized spacial score (nSPS) is 27.3. The van der Waals surface area contributed by atoms with Crippen LogP contribution in [-0.2, 0) is 42.8 Å². The van der Waals surface area contributed by atoms with Gasteiger partial charge in [-0.05, 0) is 6.42 Å². The number of fused-ring (bicyclic) bond motifs is 1. The van der Waals surface area contributed by atoms with Gasteiger partial charge >= 0.3 is 11.9 Å². The van der Waals surface area contributed by atoms with Crippen LogP contribution in [0.2, 0.25) is 0 Å². The van der Waals surface area contributed by atoms with Crippen LogP contribution in [-0.4, -0.2) is 67.8 Å². The minimum Gasteiger partial charge on any atom is -0.459 e. The maximum atomic E-state index is 12.9. The highest BCUT2D eigenvalue weighted by atomic mass is 16.8. The lowest BCUT2D eigenvalue weighted by Crippen LogP contribution is -2.67. The standard InChI is InChI=1S/C27H36N2O9/c1-4-5-7-12-22(32)29-23-25(36-18(3)31)24-21(16-34-26(38-24)19-10-8-6-9-11-19)37-27(23)33-15-20(13-14-28)35-17(2)30/h6,8-11,20-21,23-27H,4-5,7,12-13,15-16H2,1-3H3,(H,29,32)/t20-,21-,23-,24-,25-,26-,27-/m1/s1. The maximum Gasteiger partial charge on any atom is 0.303 e. The molecule has 3 rings (SSSR count). The molecule has 2 aliphatic heterocycles. The highest BCUT2D eigenvalue weighted by Crippen LogP contribution is 2.36. The molecule has 11 heteroatoms. The number of rotatable bonds is 12. The van der Waals surface area contributed by atoms with Gasteiger partial charge in [0.25, 0.3) is 0 Å². The van der Waals surface area contributed by atoms with Crippen molar-refractivity contribution in [1.29, 1.82) is 5.26 Å². The fraction of sp³-hybridized carbons (Fsp3) is 0.630. The number of nitrogens with one attached hydrogen (secondary N) is 1. The summed E-state index contributed by atoms with van der Waals surface area (Å²) < 4.78 is 35.1. The fourth-order valence-corrected chi connectivity index (χ4v) is 4.45. The Balaban J connectivity index is 1.84. The Morgan fingerprint density at radius 3 is 2.55 bits per heavy atom. The van der Waals surface area contributed by atoms with Crippen molar-refractivity contribution in [2.24, 2.45) is 0 Å². The molecule has 0 unspecified atom stereocenters. The van der Waals surface area contributed by atoms with E-state index in [0.717, 1.165) is 18.4 Å². The van der Waals surface area contributed by atoms with Gasteiger partial charge in [-0.15, -0.1) is 0 Å². The van der Waals surface area contributed by atoms with Crippen LogP contribution in [0.5, 0.6) is 0 Å². The van der Waals surface area contributed by atoms with Crippen LogP contribution in [0.3, 0.4) is 0 Å². The van der Waals surface area contributed by atoms with Crippen LogP contribution >= 0.6 is 0 Å². The lowest BCUT2D eigenvalue weighted by Gasteiger charge is -2.48. The monoisotopic (exact) mass is 532 g/mol. The number of amides is 1. The quantitative estimate of drug-likeness (QED) is 0.315. The summed E-state index contributed by atoms with van der Waals surface area (Å²) in [6.45, 7) is 4.50. The highest BCUT2D eigenvalue weighted by Gasteiger charge is 2.52. The summed E-state index contributed by atoms with van der Waals surface area (Å²) in [7, 11) is 0. The van der Waals surface area contributed by atoms with E-state index in [9.17, 15) is 14.4 Å². The van der Waals surface area contributed by atoms with Crippen molar-refractivity contribution in [1.82, 2.24) is 5.32 Å². The van der Waals surface area contributed by atoms with Crippen molar-refractivity contribution in [2.45, 2.75) is 95.9 Å². The van der Waals surface area contributed by atoms with E-state index in [1.54, 1.807) is 0 Å². The van der Waals surface area contributed by atoms with Gasteiger partial charge in [-0.2, -0.15) is 5.26 Å². The third-order valence-corrected chi connectivity index (χ3v) is 6.15. The maximum absolute atomic E-state index is 12.9. The first-order valence-electron chi connectivity index (χ1n) is 12.9. The topological polar surface area (TPSA) is 142 Å². The number of nitrogens with zero attached hydrogens (tertiary/aromatic N) is 1. The number of ether oxygens (including phenoxy) is 6. The van der Waals surface area contributed by atoms with Gasteiger partial charge in [0, 0.05) is 25.8 Å². The van der Waals surface area contributed by atoms with E-state index < -0.39 is 55.0 Å². The molecular weight excluding hydrogens is 496 g/mol. The Morgan fingerprint density at radius 1 is 1.13 bits per heavy atom. The summed E-state index contributed by atoms with van der Waals surface area (Å²) in [4.78, 5) is 36.5. The third kappa shape index (κ3) is 8.49. The van der Waals surface area contributed by atoms with Gasteiger partial charge in [0.1, 0.15) is 24.4 Å². The molecule has 38 heavy (non-hydrogen) atoms. The molecule has 0 radical (unpaired) electrons. The van der Waals surface area contributed by atoms with Crippen LogP contribution in [0, 0.1) is 11.3 Å². The summed E-state index contributed by atoms with van der Waals surface area (Å²) >= 11 is 0. The predicted molar refractivity (Wildman–Crippen MR) is 132 cm³/mol. The van der Waals surface area contributed by atoms with Crippen molar-refractivity contribution >= 4 is 17.8 Å². The van der Waals surface area contributed by atoms with E-state index in [4.69, 9.17) is 33.7 Å². The molecule has 11 nitrogen and oxygen atoms in total. The fourth-order valence-electron chi connectivity index (χ4n) is 4.45. The van der Waals surface area contributed by atoms with Gasteiger partial charge in [-0.1, -0.05) is 50.1 Å². The molecule has 1 amide bonds. The Labute approximate surface area is 222 Å². The molecule has 0 aromatic heterocycles. The van der Waals surface area contributed by atoms with Crippen molar-refractivity contribution in [2.75, 3.05) is 13.2 Å². The predicted octanol–water partition coefficient (Wildman–Crippen LogP) is 2.68. The molecule has 2 heterocycles. The molecule has 2 aliphatic rings. The largest absolute Gasteiger partial charge is 0.459 e. The second-order valence-electron chi connectivity index (χ2n) is 9.27. The van der Waals surface area contributed by atoms with Gasteiger partial charge in [-0.3, -0.25) is 14.4 Å². The molecule has 2 saturated heterocycles. The first-order valence-corrected chi connectivity index (χ1v) is 12.9. The number of nitriles is 1. The molecule has 1 aromatic rings. The van der Waals surface area contributed by atoms with Crippen molar-refractivity contribution in [3.8, 4) is 6.07 Å². The lowest BCUT2D eigenvalue weighted by atomic mass is 9.95. The number of carbonyl (C=O) groups excluding carboxylic acids is 3. The number of hydrogen-bond donors (Lipinski definition) is 1. The third-order valence-electron chi connectivity index (χ3n) is 6.15. The lowest BCUT2D eigenvalue weighted by molar-refractivity contribution is -0.346. The molecule has 2 fully saturated rings. The molecule has 0 aliphatic carbocycles. The second kappa shape index (κ2) is 14.8. The van der Waals surface area contributed by atoms with Crippen molar-refractivity contribution in [3.05, 3.63) is 35.9 Å². The van der Waals surface area contributed by atoms with E-state index in [1.165, 1.54) is 13.8 Å². The average molecular weight is 533 g/mol. The summed E-state index contributed by atoms with van der Waals surface area (Å²) in [5.41, 5.74) is 0.784. The molecule has 1 N–H and O–H groups in total. The molecular formula is C27H36N2O9. The van der Waals surface area contributed by atoms with Crippen molar-refractivity contribution < 1.29 is 42.8 Å². The van der Waals surface area contributed by atoms with Crippen LogP contribution in [0.1, 0.15) is 64.7 Å². The van der Waals surface area contributed by atoms with Crippen LogP contribution < -0.4 is 5.32 Å². The first-order chi connectivity index (χ1) is 18.3. The van der Waals surface area contributed by atoms with Crippen molar-refractivity contribution in [3.63, 3.8) is 0 Å². The summed E-state index contributed by atoms with van der Waals surface area (Å²) in [6, 6.07) is 10.3. The number of carbonyl (C=O) groups is 3. The van der Waals surface area contributed by atoms with E-state index in [0.29, 0.717) is 6.42 Å². The van der Waals surface area contributed by atoms with E-state index in [2.05, 4.69) is 5.32 Å². The molecule has 208 valence electrons. The summed E-state index contributed by atoms with van der Waals surface area (Å²) in [5, 5.41) is 12.0. The summed E-state index contributed by atoms with van der Waals surface area (Å²) in [5.74, 6) is -1.37. The number of hydrogen-bond acceptors (Lipinski definition) is 10. The molecule has 0 saturated carbocycles. The number of unbranched alkanes of at least 4 members (excludes halogenated alkanes) is 2. The smallest absolute Gasteiger partial charge is 0.303 e. The summed E-state index contributed by atoms with van der Waals surface area (Å²) in [6.07, 6.45) is -2.32. The minimum absolute atomic E-state index is 0.0925. The molecule has 7 atom stereocenters. The van der Waals surface area contributed by atoms with E-state index >= 15 is 0 Å². The van der Waals surface area contributed by atoms with Gasteiger partial charge < -0.3 is 33.7 Å². The van der Waals surface area contributed by atoms with E-state index in [1.807, 2.05) is 43.3 Å². The zero-order valence-electron chi connectivity index (χ0n) is 22.0. The number of esters is 2. The zero-order valence-corrected chi connectivity index (χ0v) is 22.0. The SMILES string of the molecule is CCCCCC(=O)N[C@H]1[C@H](OC[C@@H](CC#N)OC(C)=O)O[C@@H]2CO[C@@H](c3ccccc3)O[C@H]2[C@@H]1OC(C)=O. The van der Waals surface area contributed by atoms with Gasteiger partial charge in [-0.25, -0.2) is 0 Å². The zero-order chi connectivity index (χ0) is 27.5. The van der Waals surface area contributed by atoms with Gasteiger partial charge in [0.05, 0.1) is 25.7 Å². The molecule has 1 aromatic carbocycles. The average Bonchev–Trinajstić information content (AvgIpc) is 2.89. The number of benzene rings is 1.